The van der Waals surface area contributed by atoms with Crippen molar-refractivity contribution in [2.75, 3.05) is 13.7 Å². The number of nitrogens with two attached hydrogens (primary N) is 1. The second kappa shape index (κ2) is 14.3. The first-order valence-corrected chi connectivity index (χ1v) is 14.5. The summed E-state index contributed by atoms with van der Waals surface area (Å²) in [7, 11) is 1.61. The Labute approximate surface area is 231 Å². The maximum atomic E-state index is 12.8. The summed E-state index contributed by atoms with van der Waals surface area (Å²) in [5, 5.41) is 49.3. The number of hydrogen-bond acceptors (Lipinski definition) is 11. The topological polar surface area (TPSA) is 185 Å². The SMILES string of the molecule is CCCC[C@H](O)C(=O)N[C@@H]1C[C@H](C)C(O[C@H]2O[C@H](CC)CCC2N)C(O)C1O[C@H]1OCC(C)(O)[C@H](NC)C1O. The Morgan fingerprint density at radius 3 is 2.49 bits per heavy atom. The van der Waals surface area contributed by atoms with E-state index in [0.29, 0.717) is 19.3 Å². The zero-order valence-electron chi connectivity index (χ0n) is 24.0. The van der Waals surface area contributed by atoms with Crippen LogP contribution in [0.4, 0.5) is 0 Å². The quantitative estimate of drug-likeness (QED) is 0.172. The highest BCUT2D eigenvalue weighted by Gasteiger charge is 2.51. The first-order valence-electron chi connectivity index (χ1n) is 14.5. The van der Waals surface area contributed by atoms with Crippen LogP contribution in [0.1, 0.15) is 72.6 Å². The molecule has 228 valence electrons. The van der Waals surface area contributed by atoms with Gasteiger partial charge in [-0.2, -0.15) is 0 Å². The molecule has 12 nitrogen and oxygen atoms in total. The number of carbonyl (C=O) groups is 1. The molecule has 0 bridgehead atoms. The van der Waals surface area contributed by atoms with Gasteiger partial charge in [-0.1, -0.05) is 33.6 Å². The number of aliphatic hydroxyl groups is 4. The van der Waals surface area contributed by atoms with Gasteiger partial charge >= 0.3 is 0 Å². The molecule has 1 amide bonds. The number of aliphatic hydroxyl groups excluding tert-OH is 3. The van der Waals surface area contributed by atoms with Crippen LogP contribution in [0.3, 0.4) is 0 Å². The number of hydrogen-bond donors (Lipinski definition) is 7. The van der Waals surface area contributed by atoms with Gasteiger partial charge in [0.05, 0.1) is 36.9 Å². The van der Waals surface area contributed by atoms with Gasteiger partial charge in [-0.15, -0.1) is 0 Å². The van der Waals surface area contributed by atoms with E-state index in [1.165, 1.54) is 0 Å². The van der Waals surface area contributed by atoms with E-state index in [2.05, 4.69) is 10.6 Å². The fourth-order valence-corrected chi connectivity index (χ4v) is 5.95. The Kier molecular flexibility index (Phi) is 11.9. The van der Waals surface area contributed by atoms with Crippen LogP contribution in [0.5, 0.6) is 0 Å². The van der Waals surface area contributed by atoms with Crippen LogP contribution in [-0.2, 0) is 23.7 Å². The van der Waals surface area contributed by atoms with E-state index in [-0.39, 0.29) is 24.7 Å². The van der Waals surface area contributed by atoms with Crippen LogP contribution < -0.4 is 16.4 Å². The number of unbranched alkanes of at least 4 members (excludes halogenated alkanes) is 1. The lowest BCUT2D eigenvalue weighted by Crippen LogP contribution is -2.68. The summed E-state index contributed by atoms with van der Waals surface area (Å²) in [6.45, 7) is 7.35. The van der Waals surface area contributed by atoms with Crippen molar-refractivity contribution in [2.24, 2.45) is 11.7 Å². The van der Waals surface area contributed by atoms with E-state index in [4.69, 9.17) is 24.7 Å². The Balaban J connectivity index is 1.80. The van der Waals surface area contributed by atoms with Crippen molar-refractivity contribution in [1.29, 1.82) is 0 Å². The fourth-order valence-electron chi connectivity index (χ4n) is 5.95. The van der Waals surface area contributed by atoms with E-state index in [0.717, 1.165) is 25.7 Å². The summed E-state index contributed by atoms with van der Waals surface area (Å²) in [5.41, 5.74) is 4.95. The molecule has 13 atom stereocenters. The summed E-state index contributed by atoms with van der Waals surface area (Å²) in [5.74, 6) is -0.774. The minimum Gasteiger partial charge on any atom is -0.388 e. The van der Waals surface area contributed by atoms with Crippen molar-refractivity contribution in [1.82, 2.24) is 10.6 Å². The van der Waals surface area contributed by atoms with Gasteiger partial charge < -0.3 is 55.7 Å². The number of rotatable bonds is 11. The third-order valence-corrected chi connectivity index (χ3v) is 8.39. The van der Waals surface area contributed by atoms with Crippen LogP contribution in [0.2, 0.25) is 0 Å². The summed E-state index contributed by atoms with van der Waals surface area (Å²) in [6, 6.07) is -1.81. The largest absolute Gasteiger partial charge is 0.388 e. The van der Waals surface area contributed by atoms with Crippen molar-refractivity contribution >= 4 is 5.91 Å². The predicted molar refractivity (Wildman–Crippen MR) is 142 cm³/mol. The molecule has 3 aliphatic rings. The molecule has 6 unspecified atom stereocenters. The summed E-state index contributed by atoms with van der Waals surface area (Å²) < 4.78 is 24.2. The van der Waals surface area contributed by atoms with Gasteiger partial charge in [0.25, 0.3) is 0 Å². The fraction of sp³-hybridized carbons (Fsp3) is 0.963. The Hall–Kier alpha value is -0.930. The molecular weight excluding hydrogens is 510 g/mol. The maximum absolute atomic E-state index is 12.8. The lowest BCUT2D eigenvalue weighted by atomic mass is 9.79. The molecule has 0 aromatic heterocycles. The van der Waals surface area contributed by atoms with Crippen molar-refractivity contribution in [3.63, 3.8) is 0 Å². The minimum atomic E-state index is -1.35. The molecule has 0 aromatic carbocycles. The molecule has 12 heteroatoms. The summed E-state index contributed by atoms with van der Waals surface area (Å²) >= 11 is 0. The molecule has 2 aliphatic heterocycles. The zero-order chi connectivity index (χ0) is 28.9. The average Bonchev–Trinajstić information content (AvgIpc) is 2.89. The van der Waals surface area contributed by atoms with Crippen molar-refractivity contribution in [3.05, 3.63) is 0 Å². The molecule has 39 heavy (non-hydrogen) atoms. The minimum absolute atomic E-state index is 0.0200. The standard InChI is InChI=1S/C27H51N3O9/c1-6-8-9-18(31)24(34)30-17-12-14(3)21(38-25-16(28)11-10-15(7-2)37-25)19(32)22(17)39-26-20(33)23(29-5)27(4,35)13-36-26/h14-23,25-26,29,31-33,35H,6-13,28H2,1-5H3,(H,30,34)/t14-,15+,16?,17+,18-,19?,20?,21?,22?,23+,25+,26+,27?/m0/s1. The average molecular weight is 562 g/mol. The van der Waals surface area contributed by atoms with Gasteiger partial charge in [0.15, 0.2) is 12.6 Å². The number of ether oxygens (including phenoxy) is 4. The van der Waals surface area contributed by atoms with E-state index >= 15 is 0 Å². The third-order valence-electron chi connectivity index (χ3n) is 8.39. The van der Waals surface area contributed by atoms with Gasteiger partial charge in [-0.05, 0) is 52.0 Å². The zero-order valence-corrected chi connectivity index (χ0v) is 24.0. The number of likely N-dealkylation sites (N-methyl/N-ethyl adjacent to an activating group) is 1. The van der Waals surface area contributed by atoms with Crippen LogP contribution in [0.15, 0.2) is 0 Å². The molecule has 2 heterocycles. The second-order valence-corrected chi connectivity index (χ2v) is 11.7. The number of carbonyl (C=O) groups excluding carboxylic acids is 1. The Morgan fingerprint density at radius 2 is 1.85 bits per heavy atom. The van der Waals surface area contributed by atoms with Crippen molar-refractivity contribution in [2.45, 2.75) is 146 Å². The number of amides is 1. The summed E-state index contributed by atoms with van der Waals surface area (Å²) in [6.07, 6.45) is -2.72. The lowest BCUT2D eigenvalue weighted by molar-refractivity contribution is -0.311. The highest BCUT2D eigenvalue weighted by molar-refractivity contribution is 5.80. The van der Waals surface area contributed by atoms with E-state index in [9.17, 15) is 25.2 Å². The third kappa shape index (κ3) is 7.88. The van der Waals surface area contributed by atoms with Gasteiger partial charge in [0, 0.05) is 0 Å². The first-order chi connectivity index (χ1) is 18.4. The van der Waals surface area contributed by atoms with E-state index in [1.54, 1.807) is 14.0 Å². The first kappa shape index (κ1) is 32.6. The lowest BCUT2D eigenvalue weighted by Gasteiger charge is -2.49. The predicted octanol–water partition coefficient (Wildman–Crippen LogP) is -0.508. The maximum Gasteiger partial charge on any atom is 0.249 e. The monoisotopic (exact) mass is 561 g/mol. The molecule has 1 saturated carbocycles. The summed E-state index contributed by atoms with van der Waals surface area (Å²) in [4.78, 5) is 12.8. The molecule has 2 saturated heterocycles. The normalized spacial score (nSPS) is 44.1. The second-order valence-electron chi connectivity index (χ2n) is 11.7. The number of nitrogens with one attached hydrogen (secondary N) is 2. The molecule has 8 N–H and O–H groups in total. The molecule has 0 aromatic rings. The smallest absolute Gasteiger partial charge is 0.249 e. The van der Waals surface area contributed by atoms with Crippen LogP contribution in [0.25, 0.3) is 0 Å². The molecule has 3 rings (SSSR count). The van der Waals surface area contributed by atoms with Gasteiger partial charge in [-0.3, -0.25) is 4.79 Å². The molecule has 1 aliphatic carbocycles. The van der Waals surface area contributed by atoms with Crippen LogP contribution >= 0.6 is 0 Å². The van der Waals surface area contributed by atoms with E-state index < -0.39 is 66.7 Å². The van der Waals surface area contributed by atoms with Crippen LogP contribution in [0, 0.1) is 5.92 Å². The van der Waals surface area contributed by atoms with Crippen molar-refractivity contribution in [3.8, 4) is 0 Å². The highest BCUT2D eigenvalue weighted by atomic mass is 16.7. The molecular formula is C27H51N3O9. The Morgan fingerprint density at radius 1 is 1.15 bits per heavy atom. The Bertz CT molecular complexity index is 775. The highest BCUT2D eigenvalue weighted by Crippen LogP contribution is 2.35. The van der Waals surface area contributed by atoms with Crippen LogP contribution in [-0.4, -0.2) is 113 Å². The van der Waals surface area contributed by atoms with Gasteiger partial charge in [-0.25, -0.2) is 0 Å². The molecule has 3 fully saturated rings. The van der Waals surface area contributed by atoms with Gasteiger partial charge in [0.2, 0.25) is 5.91 Å². The van der Waals surface area contributed by atoms with Crippen molar-refractivity contribution < 1.29 is 44.2 Å². The van der Waals surface area contributed by atoms with Gasteiger partial charge in [0.1, 0.15) is 30.0 Å². The molecule has 0 spiro atoms. The van der Waals surface area contributed by atoms with E-state index in [1.807, 2.05) is 20.8 Å². The molecule has 0 radical (unpaired) electrons.